The molecule has 0 atom stereocenters. The number of rotatable bonds is 6. The maximum atomic E-state index is 13.5. The molecule has 0 saturated carbocycles. The normalized spacial score (nSPS) is 10.9. The molecule has 38 heavy (non-hydrogen) atoms. The Bertz CT molecular complexity index is 1640. The van der Waals surface area contributed by atoms with Crippen molar-refractivity contribution in [3.8, 4) is 11.4 Å². The zero-order chi connectivity index (χ0) is 26.8. The first-order chi connectivity index (χ1) is 18.3. The molecule has 5 aromatic rings. The van der Waals surface area contributed by atoms with Gasteiger partial charge in [-0.2, -0.15) is 0 Å². The number of nitrogens with one attached hydrogen (secondary N) is 1. The molecule has 0 aliphatic rings. The molecule has 0 fully saturated rings. The van der Waals surface area contributed by atoms with Gasteiger partial charge in [0.1, 0.15) is 5.76 Å². The summed E-state index contributed by atoms with van der Waals surface area (Å²) in [6.45, 7) is 6.14. The number of carbonyl (C=O) groups excluding carboxylic acids is 2. The number of anilines is 1. The number of nitrogens with zero attached hydrogens (tertiary/aromatic N) is 4. The molecule has 8 nitrogen and oxygen atoms in total. The van der Waals surface area contributed by atoms with Gasteiger partial charge in [-0.25, -0.2) is 9.97 Å². The number of benzene rings is 2. The fourth-order valence-electron chi connectivity index (χ4n) is 4.39. The van der Waals surface area contributed by atoms with Crippen molar-refractivity contribution in [1.82, 2.24) is 19.9 Å². The summed E-state index contributed by atoms with van der Waals surface area (Å²) in [6, 6.07) is 18.2. The van der Waals surface area contributed by atoms with Crippen molar-refractivity contribution in [3.05, 3.63) is 107 Å². The van der Waals surface area contributed by atoms with Crippen LogP contribution in [0, 0.1) is 20.8 Å². The van der Waals surface area contributed by atoms with E-state index >= 15 is 0 Å². The van der Waals surface area contributed by atoms with Crippen LogP contribution in [0.4, 0.5) is 5.69 Å². The van der Waals surface area contributed by atoms with E-state index in [-0.39, 0.29) is 11.8 Å². The van der Waals surface area contributed by atoms with E-state index in [2.05, 4.69) is 21.4 Å². The first-order valence-corrected chi connectivity index (χ1v) is 12.2. The van der Waals surface area contributed by atoms with Crippen LogP contribution in [0.15, 0.2) is 77.7 Å². The summed E-state index contributed by atoms with van der Waals surface area (Å²) in [4.78, 5) is 41.3. The topological polar surface area (TPSA) is 101 Å². The first-order valence-electron chi connectivity index (χ1n) is 12.2. The summed E-state index contributed by atoms with van der Waals surface area (Å²) in [5.41, 5.74) is 6.44. The lowest BCUT2D eigenvalue weighted by Gasteiger charge is -2.16. The molecule has 0 unspecified atom stereocenters. The van der Waals surface area contributed by atoms with Gasteiger partial charge >= 0.3 is 0 Å². The molecule has 0 aliphatic heterocycles. The zero-order valence-electron chi connectivity index (χ0n) is 21.6. The van der Waals surface area contributed by atoms with E-state index in [0.29, 0.717) is 40.5 Å². The number of oxazole rings is 1. The Hall–Kier alpha value is -4.85. The molecule has 3 aromatic heterocycles. The number of hydrogen-bond acceptors (Lipinski definition) is 6. The van der Waals surface area contributed by atoms with Crippen molar-refractivity contribution in [2.24, 2.45) is 0 Å². The highest BCUT2D eigenvalue weighted by atomic mass is 16.3. The second-order valence-corrected chi connectivity index (χ2v) is 9.30. The van der Waals surface area contributed by atoms with Crippen LogP contribution in [0.25, 0.3) is 22.3 Å². The Morgan fingerprint density at radius 2 is 1.74 bits per heavy atom. The maximum absolute atomic E-state index is 13.5. The molecule has 8 heteroatoms. The molecule has 190 valence electrons. The molecule has 0 saturated heterocycles. The largest absolute Gasteiger partial charge is 0.446 e. The molecule has 2 amide bonds. The van der Waals surface area contributed by atoms with Gasteiger partial charge in [-0.3, -0.25) is 14.6 Å². The van der Waals surface area contributed by atoms with Gasteiger partial charge in [0.05, 0.1) is 34.7 Å². The standard InChI is InChI=1S/C30H27N5O3/c1-18-13-19(2)28-23(14-18)24(15-26(34-28)25-7-5-6-12-31-25)29(36)33-22-10-8-21(9-11-22)30(37)35(4)16-27-20(3)32-17-38-27/h5-15,17H,16H2,1-4H3,(H,33,36). The SMILES string of the molecule is Cc1cc(C)c2nc(-c3ccccn3)cc(C(=O)Nc3ccc(C(=O)N(C)Cc4ocnc4C)cc3)c2c1. The first kappa shape index (κ1) is 24.8. The minimum absolute atomic E-state index is 0.162. The molecule has 0 aliphatic carbocycles. The van der Waals surface area contributed by atoms with Gasteiger partial charge in [-0.15, -0.1) is 0 Å². The lowest BCUT2D eigenvalue weighted by molar-refractivity contribution is 0.0775. The Kier molecular flexibility index (Phi) is 6.70. The Morgan fingerprint density at radius 3 is 2.42 bits per heavy atom. The number of aromatic nitrogens is 3. The number of amides is 2. The molecule has 3 heterocycles. The number of hydrogen-bond donors (Lipinski definition) is 1. The summed E-state index contributed by atoms with van der Waals surface area (Å²) in [7, 11) is 1.71. The van der Waals surface area contributed by atoms with Gasteiger partial charge in [0.15, 0.2) is 6.39 Å². The molecule has 1 N–H and O–H groups in total. The van der Waals surface area contributed by atoms with Gasteiger partial charge in [0.2, 0.25) is 0 Å². The monoisotopic (exact) mass is 505 g/mol. The van der Waals surface area contributed by atoms with Crippen LogP contribution in [0.2, 0.25) is 0 Å². The van der Waals surface area contributed by atoms with Crippen LogP contribution in [-0.2, 0) is 6.54 Å². The van der Waals surface area contributed by atoms with E-state index in [1.165, 1.54) is 6.39 Å². The van der Waals surface area contributed by atoms with E-state index in [0.717, 1.165) is 27.7 Å². The second-order valence-electron chi connectivity index (χ2n) is 9.30. The van der Waals surface area contributed by atoms with Crippen molar-refractivity contribution in [2.45, 2.75) is 27.3 Å². The minimum atomic E-state index is -0.267. The Morgan fingerprint density at radius 1 is 0.947 bits per heavy atom. The van der Waals surface area contributed by atoms with E-state index in [1.54, 1.807) is 48.5 Å². The summed E-state index contributed by atoms with van der Waals surface area (Å²) < 4.78 is 5.35. The quantitative estimate of drug-likeness (QED) is 0.316. The average Bonchev–Trinajstić information content (AvgIpc) is 3.32. The maximum Gasteiger partial charge on any atom is 0.256 e. The molecule has 0 radical (unpaired) electrons. The van der Waals surface area contributed by atoms with Crippen LogP contribution >= 0.6 is 0 Å². The predicted molar refractivity (Wildman–Crippen MR) is 146 cm³/mol. The Labute approximate surface area is 220 Å². The van der Waals surface area contributed by atoms with Crippen molar-refractivity contribution >= 4 is 28.4 Å². The summed E-state index contributed by atoms with van der Waals surface area (Å²) in [5.74, 6) is 0.214. The van der Waals surface area contributed by atoms with E-state index in [1.807, 2.05) is 45.0 Å². The molecule has 0 spiro atoms. The third-order valence-corrected chi connectivity index (χ3v) is 6.38. The fraction of sp³-hybridized carbons (Fsp3) is 0.167. The van der Waals surface area contributed by atoms with Crippen molar-refractivity contribution in [3.63, 3.8) is 0 Å². The highest BCUT2D eigenvalue weighted by Gasteiger charge is 2.18. The zero-order valence-corrected chi connectivity index (χ0v) is 21.6. The van der Waals surface area contributed by atoms with E-state index < -0.39 is 0 Å². The number of pyridine rings is 2. The van der Waals surface area contributed by atoms with E-state index in [9.17, 15) is 9.59 Å². The van der Waals surface area contributed by atoms with Gasteiger partial charge in [-0.05, 0) is 74.9 Å². The minimum Gasteiger partial charge on any atom is -0.446 e. The van der Waals surface area contributed by atoms with Crippen LogP contribution in [0.3, 0.4) is 0 Å². The molecule has 2 aromatic carbocycles. The summed E-state index contributed by atoms with van der Waals surface area (Å²) >= 11 is 0. The van der Waals surface area contributed by atoms with Crippen molar-refractivity contribution in [1.29, 1.82) is 0 Å². The summed E-state index contributed by atoms with van der Waals surface area (Å²) in [5, 5.41) is 3.75. The molecular formula is C30H27N5O3. The van der Waals surface area contributed by atoms with Crippen molar-refractivity contribution in [2.75, 3.05) is 12.4 Å². The van der Waals surface area contributed by atoms with Crippen LogP contribution in [0.5, 0.6) is 0 Å². The van der Waals surface area contributed by atoms with Crippen molar-refractivity contribution < 1.29 is 14.0 Å². The van der Waals surface area contributed by atoms with Crippen LogP contribution in [-0.4, -0.2) is 38.7 Å². The second kappa shape index (κ2) is 10.3. The highest BCUT2D eigenvalue weighted by molar-refractivity contribution is 6.13. The van der Waals surface area contributed by atoms with Crippen LogP contribution < -0.4 is 5.32 Å². The lowest BCUT2D eigenvalue weighted by Crippen LogP contribution is -2.26. The molecule has 5 rings (SSSR count). The van der Waals surface area contributed by atoms with Gasteiger partial charge in [0, 0.05) is 29.9 Å². The smallest absolute Gasteiger partial charge is 0.256 e. The molecular weight excluding hydrogens is 478 g/mol. The number of carbonyl (C=O) groups is 2. The van der Waals surface area contributed by atoms with Crippen LogP contribution in [0.1, 0.15) is 43.3 Å². The summed E-state index contributed by atoms with van der Waals surface area (Å²) in [6.07, 6.45) is 3.07. The lowest BCUT2D eigenvalue weighted by atomic mass is 10.00. The van der Waals surface area contributed by atoms with Gasteiger partial charge in [-0.1, -0.05) is 17.7 Å². The van der Waals surface area contributed by atoms with E-state index in [4.69, 9.17) is 9.40 Å². The number of aryl methyl sites for hydroxylation is 3. The highest BCUT2D eigenvalue weighted by Crippen LogP contribution is 2.28. The predicted octanol–water partition coefficient (Wildman–Crippen LogP) is 5.73. The number of fused-ring (bicyclic) bond motifs is 1. The average molecular weight is 506 g/mol. The van der Waals surface area contributed by atoms with Gasteiger partial charge in [0.25, 0.3) is 11.8 Å². The third-order valence-electron chi connectivity index (χ3n) is 6.38. The Balaban J connectivity index is 1.41. The molecule has 0 bridgehead atoms. The van der Waals surface area contributed by atoms with Gasteiger partial charge < -0.3 is 14.6 Å². The fourth-order valence-corrected chi connectivity index (χ4v) is 4.39. The third kappa shape index (κ3) is 5.01.